The van der Waals surface area contributed by atoms with Crippen LogP contribution in [0.2, 0.25) is 10.0 Å². The number of halogens is 2. The van der Waals surface area contributed by atoms with Gasteiger partial charge in [0.1, 0.15) is 0 Å². The van der Waals surface area contributed by atoms with Gasteiger partial charge in [-0.2, -0.15) is 0 Å². The van der Waals surface area contributed by atoms with Crippen molar-refractivity contribution in [3.05, 3.63) is 39.2 Å². The second kappa shape index (κ2) is 4.00. The molecule has 1 heterocycles. The lowest BCUT2D eigenvalue weighted by molar-refractivity contribution is 0.902. The summed E-state index contributed by atoms with van der Waals surface area (Å²) < 4.78 is 2.56. The SMILES string of the molecule is Cn1c(-c2ccc(Cl)c(Cl)c2)c[nH]c1=S. The summed E-state index contributed by atoms with van der Waals surface area (Å²) in [5.74, 6) is 0. The van der Waals surface area contributed by atoms with Crippen LogP contribution < -0.4 is 0 Å². The predicted octanol–water partition coefficient (Wildman–Crippen LogP) is 4.06. The zero-order valence-corrected chi connectivity index (χ0v) is 10.2. The number of aromatic amines is 1. The van der Waals surface area contributed by atoms with E-state index in [-0.39, 0.29) is 0 Å². The van der Waals surface area contributed by atoms with Crippen molar-refractivity contribution in [2.45, 2.75) is 0 Å². The maximum absolute atomic E-state index is 5.95. The Kier molecular flexibility index (Phi) is 2.87. The first-order valence-electron chi connectivity index (χ1n) is 4.29. The minimum atomic E-state index is 0.543. The Bertz CT molecular complexity index is 557. The Morgan fingerprint density at radius 2 is 2.00 bits per heavy atom. The monoisotopic (exact) mass is 258 g/mol. The molecule has 15 heavy (non-hydrogen) atoms. The van der Waals surface area contributed by atoms with E-state index in [0.29, 0.717) is 14.8 Å². The average molecular weight is 259 g/mol. The van der Waals surface area contributed by atoms with E-state index in [0.717, 1.165) is 11.3 Å². The number of H-pyrrole nitrogens is 1. The summed E-state index contributed by atoms with van der Waals surface area (Å²) in [5.41, 5.74) is 1.97. The highest BCUT2D eigenvalue weighted by atomic mass is 35.5. The topological polar surface area (TPSA) is 20.7 Å². The molecule has 0 spiro atoms. The first-order chi connectivity index (χ1) is 7.09. The van der Waals surface area contributed by atoms with Crippen LogP contribution >= 0.6 is 35.4 Å². The van der Waals surface area contributed by atoms with Crippen molar-refractivity contribution in [1.29, 1.82) is 0 Å². The van der Waals surface area contributed by atoms with E-state index in [2.05, 4.69) is 4.98 Å². The Labute approximate surface area is 102 Å². The van der Waals surface area contributed by atoms with E-state index in [1.54, 1.807) is 6.07 Å². The Morgan fingerprint density at radius 3 is 2.53 bits per heavy atom. The zero-order valence-electron chi connectivity index (χ0n) is 7.92. The fourth-order valence-electron chi connectivity index (χ4n) is 1.37. The summed E-state index contributed by atoms with van der Waals surface area (Å²) in [6.45, 7) is 0. The molecule has 1 N–H and O–H groups in total. The molecule has 0 fully saturated rings. The van der Waals surface area contributed by atoms with Crippen LogP contribution in [0.1, 0.15) is 0 Å². The molecule has 0 amide bonds. The van der Waals surface area contributed by atoms with Crippen LogP contribution in [0.15, 0.2) is 24.4 Å². The normalized spacial score (nSPS) is 10.6. The minimum Gasteiger partial charge on any atom is -0.337 e. The van der Waals surface area contributed by atoms with Crippen molar-refractivity contribution in [1.82, 2.24) is 9.55 Å². The van der Waals surface area contributed by atoms with Gasteiger partial charge in [-0.1, -0.05) is 29.3 Å². The summed E-state index contributed by atoms with van der Waals surface area (Å²) in [6.07, 6.45) is 1.85. The molecular weight excluding hydrogens is 251 g/mol. The van der Waals surface area contributed by atoms with Crippen LogP contribution in [0.5, 0.6) is 0 Å². The average Bonchev–Trinajstić information content (AvgIpc) is 2.53. The molecule has 2 rings (SSSR count). The van der Waals surface area contributed by atoms with Crippen molar-refractivity contribution in [3.8, 4) is 11.3 Å². The molecule has 2 aromatic rings. The van der Waals surface area contributed by atoms with Crippen molar-refractivity contribution >= 4 is 35.4 Å². The summed E-state index contributed by atoms with van der Waals surface area (Å²) in [4.78, 5) is 2.97. The van der Waals surface area contributed by atoms with Crippen molar-refractivity contribution in [2.24, 2.45) is 7.05 Å². The molecule has 5 heteroatoms. The molecular formula is C10H8Cl2N2S. The first-order valence-corrected chi connectivity index (χ1v) is 5.46. The van der Waals surface area contributed by atoms with E-state index in [1.807, 2.05) is 29.9 Å². The molecule has 0 aliphatic heterocycles. The van der Waals surface area contributed by atoms with E-state index in [4.69, 9.17) is 35.4 Å². The van der Waals surface area contributed by atoms with Gasteiger partial charge < -0.3 is 9.55 Å². The number of nitrogens with one attached hydrogen (secondary N) is 1. The smallest absolute Gasteiger partial charge is 0.177 e. The van der Waals surface area contributed by atoms with Gasteiger partial charge in [0.05, 0.1) is 15.7 Å². The number of hydrogen-bond acceptors (Lipinski definition) is 1. The fourth-order valence-corrected chi connectivity index (χ4v) is 1.82. The quantitative estimate of drug-likeness (QED) is 0.766. The maximum Gasteiger partial charge on any atom is 0.177 e. The van der Waals surface area contributed by atoms with E-state index in [9.17, 15) is 0 Å². The molecule has 0 aliphatic carbocycles. The lowest BCUT2D eigenvalue weighted by atomic mass is 10.2. The summed E-state index contributed by atoms with van der Waals surface area (Å²) in [5, 5.41) is 1.10. The van der Waals surface area contributed by atoms with Crippen LogP contribution in [-0.2, 0) is 7.05 Å². The highest BCUT2D eigenvalue weighted by Gasteiger charge is 2.05. The second-order valence-corrected chi connectivity index (χ2v) is 4.37. The number of aromatic nitrogens is 2. The molecule has 2 nitrogen and oxygen atoms in total. The lowest BCUT2D eigenvalue weighted by Crippen LogP contribution is -1.90. The number of rotatable bonds is 1. The van der Waals surface area contributed by atoms with Crippen LogP contribution in [0.4, 0.5) is 0 Å². The Hall–Kier alpha value is -0.770. The van der Waals surface area contributed by atoms with E-state index < -0.39 is 0 Å². The maximum atomic E-state index is 5.95. The largest absolute Gasteiger partial charge is 0.337 e. The Morgan fingerprint density at radius 1 is 1.27 bits per heavy atom. The van der Waals surface area contributed by atoms with Crippen molar-refractivity contribution in [2.75, 3.05) is 0 Å². The van der Waals surface area contributed by atoms with Crippen molar-refractivity contribution in [3.63, 3.8) is 0 Å². The number of hydrogen-bond donors (Lipinski definition) is 1. The van der Waals surface area contributed by atoms with Crippen LogP contribution in [-0.4, -0.2) is 9.55 Å². The van der Waals surface area contributed by atoms with E-state index >= 15 is 0 Å². The molecule has 78 valence electrons. The van der Waals surface area contributed by atoms with Gasteiger partial charge in [-0.25, -0.2) is 0 Å². The van der Waals surface area contributed by atoms with Gasteiger partial charge in [0.25, 0.3) is 0 Å². The molecule has 1 aromatic carbocycles. The number of benzene rings is 1. The van der Waals surface area contributed by atoms with Gasteiger partial charge in [-0.15, -0.1) is 0 Å². The molecule has 0 bridgehead atoms. The number of nitrogens with zero attached hydrogens (tertiary/aromatic N) is 1. The van der Waals surface area contributed by atoms with Crippen LogP contribution in [0.25, 0.3) is 11.3 Å². The van der Waals surface area contributed by atoms with Gasteiger partial charge >= 0.3 is 0 Å². The molecule has 0 saturated heterocycles. The van der Waals surface area contributed by atoms with Crippen LogP contribution in [0.3, 0.4) is 0 Å². The first kappa shape index (κ1) is 10.7. The third-order valence-corrected chi connectivity index (χ3v) is 3.34. The molecule has 0 atom stereocenters. The van der Waals surface area contributed by atoms with Gasteiger partial charge in [-0.05, 0) is 24.4 Å². The highest BCUT2D eigenvalue weighted by Crippen LogP contribution is 2.28. The lowest BCUT2D eigenvalue weighted by Gasteiger charge is -2.03. The summed E-state index contributed by atoms with van der Waals surface area (Å²) in [7, 11) is 1.90. The molecule has 0 aliphatic rings. The minimum absolute atomic E-state index is 0.543. The highest BCUT2D eigenvalue weighted by molar-refractivity contribution is 7.71. The predicted molar refractivity (Wildman–Crippen MR) is 66.1 cm³/mol. The van der Waals surface area contributed by atoms with Gasteiger partial charge in [0.2, 0.25) is 0 Å². The van der Waals surface area contributed by atoms with Gasteiger partial charge in [0.15, 0.2) is 4.77 Å². The molecule has 0 radical (unpaired) electrons. The molecule has 0 saturated carbocycles. The summed E-state index contributed by atoms with van der Waals surface area (Å²) in [6, 6.07) is 5.50. The summed E-state index contributed by atoms with van der Waals surface area (Å²) >= 11 is 16.9. The zero-order chi connectivity index (χ0) is 11.0. The van der Waals surface area contributed by atoms with Crippen LogP contribution in [0, 0.1) is 4.77 Å². The third-order valence-electron chi connectivity index (χ3n) is 2.21. The number of imidazole rings is 1. The molecule has 0 unspecified atom stereocenters. The van der Waals surface area contributed by atoms with Gasteiger partial charge in [-0.3, -0.25) is 0 Å². The van der Waals surface area contributed by atoms with E-state index in [1.165, 1.54) is 0 Å². The Balaban J connectivity index is 2.59. The van der Waals surface area contributed by atoms with Crippen molar-refractivity contribution < 1.29 is 0 Å². The van der Waals surface area contributed by atoms with Gasteiger partial charge in [0, 0.05) is 18.8 Å². The molecule has 1 aromatic heterocycles. The standard InChI is InChI=1S/C10H8Cl2N2S/c1-14-9(5-13-10(14)15)6-2-3-7(11)8(12)4-6/h2-5H,1H3,(H,13,15). The second-order valence-electron chi connectivity index (χ2n) is 3.17. The fraction of sp³-hybridized carbons (Fsp3) is 0.100. The third kappa shape index (κ3) is 1.95.